The highest BCUT2D eigenvalue weighted by molar-refractivity contribution is 8.13. The molecule has 1 aromatic heterocycles. The topological polar surface area (TPSA) is 91.2 Å². The number of halogens is 6. The molecule has 0 amide bonds. The SMILES string of the molecule is C=CCCCCCCCCCn1cc[n+](C)c1.O=S(=O)([N-]S(=O)(=O)C(F)(F)F)C(F)(F)F. The zero-order valence-corrected chi connectivity index (χ0v) is 19.1. The zero-order chi connectivity index (χ0) is 25.1. The number of allylic oxidation sites excluding steroid dienone is 1. The Morgan fingerprint density at radius 1 is 0.875 bits per heavy atom. The number of alkyl halides is 6. The molecule has 15 heteroatoms. The average Bonchev–Trinajstić information content (AvgIpc) is 3.03. The first-order valence-corrected chi connectivity index (χ1v) is 12.4. The second-order valence-electron chi connectivity index (χ2n) is 6.79. The summed E-state index contributed by atoms with van der Waals surface area (Å²) >= 11 is 0. The van der Waals surface area contributed by atoms with E-state index in [1.165, 1.54) is 51.4 Å². The van der Waals surface area contributed by atoms with Crippen LogP contribution in [0.3, 0.4) is 0 Å². The Kier molecular flexibility index (Phi) is 12.5. The van der Waals surface area contributed by atoms with E-state index in [2.05, 4.69) is 41.5 Å². The van der Waals surface area contributed by atoms with Gasteiger partial charge in [-0.15, -0.1) is 6.58 Å². The Morgan fingerprint density at radius 2 is 1.31 bits per heavy atom. The van der Waals surface area contributed by atoms with E-state index in [9.17, 15) is 43.2 Å². The van der Waals surface area contributed by atoms with Crippen molar-refractivity contribution in [3.8, 4) is 0 Å². The monoisotopic (exact) mass is 515 g/mol. The molecule has 1 rings (SSSR count). The second-order valence-corrected chi connectivity index (χ2v) is 10.2. The summed E-state index contributed by atoms with van der Waals surface area (Å²) in [7, 11) is -11.4. The number of aryl methyl sites for hydroxylation is 2. The fourth-order valence-corrected chi connectivity index (χ4v) is 4.02. The maximum atomic E-state index is 11.4. The van der Waals surface area contributed by atoms with E-state index in [0.29, 0.717) is 0 Å². The summed E-state index contributed by atoms with van der Waals surface area (Å²) in [6.45, 7) is 4.91. The zero-order valence-electron chi connectivity index (χ0n) is 17.4. The van der Waals surface area contributed by atoms with Crippen molar-refractivity contribution in [1.82, 2.24) is 4.57 Å². The van der Waals surface area contributed by atoms with Crippen LogP contribution in [0.2, 0.25) is 0 Å². The Morgan fingerprint density at radius 3 is 1.69 bits per heavy atom. The first-order chi connectivity index (χ1) is 14.5. The van der Waals surface area contributed by atoms with Gasteiger partial charge in [-0.1, -0.05) is 31.8 Å². The number of rotatable bonds is 12. The van der Waals surface area contributed by atoms with Crippen molar-refractivity contribution in [2.45, 2.75) is 68.9 Å². The minimum absolute atomic E-state index is 0.778. The lowest BCUT2D eigenvalue weighted by Gasteiger charge is -2.22. The van der Waals surface area contributed by atoms with Crippen LogP contribution in [-0.4, -0.2) is 32.4 Å². The standard InChI is InChI=1S/C15H27N2.C2F6NO4S2/c1-3-4-5-6-7-8-9-10-11-12-17-14-13-16(2)15-17;3-1(4,5)14(10,11)9-15(12,13)2(6,7)8/h3,13-15H,1,4-12H2,2H3;/q+1;-1. The molecule has 0 spiro atoms. The van der Waals surface area contributed by atoms with Crippen LogP contribution in [-0.2, 0) is 33.6 Å². The van der Waals surface area contributed by atoms with E-state index >= 15 is 0 Å². The van der Waals surface area contributed by atoms with Gasteiger partial charge in [-0.25, -0.2) is 26.0 Å². The van der Waals surface area contributed by atoms with E-state index in [1.807, 2.05) is 6.08 Å². The van der Waals surface area contributed by atoms with E-state index in [0.717, 1.165) is 10.7 Å². The van der Waals surface area contributed by atoms with Crippen LogP contribution in [0, 0.1) is 0 Å². The number of aromatic nitrogens is 2. The van der Waals surface area contributed by atoms with Crippen LogP contribution in [0.25, 0.3) is 4.13 Å². The number of unbranched alkanes of at least 4 members (excludes halogenated alkanes) is 7. The molecule has 0 aliphatic rings. The molecule has 1 heterocycles. The van der Waals surface area contributed by atoms with Gasteiger partial charge in [0.05, 0.1) is 13.6 Å². The van der Waals surface area contributed by atoms with Crippen LogP contribution in [0.15, 0.2) is 31.4 Å². The molecule has 0 saturated carbocycles. The molecule has 7 nitrogen and oxygen atoms in total. The number of nitrogens with zero attached hydrogens (tertiary/aromatic N) is 3. The van der Waals surface area contributed by atoms with Crippen molar-refractivity contribution in [1.29, 1.82) is 0 Å². The predicted octanol–water partition coefficient (Wildman–Crippen LogP) is 4.68. The lowest BCUT2D eigenvalue weighted by atomic mass is 10.1. The van der Waals surface area contributed by atoms with Gasteiger partial charge in [-0.05, 0) is 25.7 Å². The van der Waals surface area contributed by atoms with Crippen LogP contribution >= 0.6 is 0 Å². The normalized spacial score (nSPS) is 12.8. The lowest BCUT2D eigenvalue weighted by Crippen LogP contribution is -2.30. The van der Waals surface area contributed by atoms with Gasteiger partial charge < -0.3 is 4.13 Å². The molecular weight excluding hydrogens is 488 g/mol. The van der Waals surface area contributed by atoms with Gasteiger partial charge in [0.2, 0.25) is 6.33 Å². The van der Waals surface area contributed by atoms with Crippen molar-refractivity contribution in [2.24, 2.45) is 7.05 Å². The molecule has 0 saturated heterocycles. The second kappa shape index (κ2) is 13.2. The molecule has 0 aromatic carbocycles. The van der Waals surface area contributed by atoms with Gasteiger partial charge in [0, 0.05) is 0 Å². The number of hydrogen-bond acceptors (Lipinski definition) is 4. The van der Waals surface area contributed by atoms with Gasteiger partial charge >= 0.3 is 11.0 Å². The summed E-state index contributed by atoms with van der Waals surface area (Å²) in [5, 5.41) is 0. The van der Waals surface area contributed by atoms with E-state index in [4.69, 9.17) is 0 Å². The Bertz CT molecular complexity index is 852. The molecule has 0 N–H and O–H groups in total. The fraction of sp³-hybridized carbons (Fsp3) is 0.706. The third-order valence-electron chi connectivity index (χ3n) is 3.93. The highest BCUT2D eigenvalue weighted by Gasteiger charge is 2.46. The molecule has 0 radical (unpaired) electrons. The van der Waals surface area contributed by atoms with Crippen molar-refractivity contribution in [3.05, 3.63) is 35.5 Å². The first kappa shape index (κ1) is 30.4. The van der Waals surface area contributed by atoms with Crippen LogP contribution in [0.5, 0.6) is 0 Å². The molecule has 0 aliphatic carbocycles. The highest BCUT2D eigenvalue weighted by Crippen LogP contribution is 2.36. The smallest absolute Gasteiger partial charge is 0.421 e. The maximum Gasteiger partial charge on any atom is 0.480 e. The third-order valence-corrected chi connectivity index (χ3v) is 6.67. The quantitative estimate of drug-likeness (QED) is 0.175. The molecule has 0 atom stereocenters. The number of imidazole rings is 1. The fourth-order valence-electron chi connectivity index (χ4n) is 2.31. The maximum absolute atomic E-state index is 11.4. The van der Waals surface area contributed by atoms with Crippen molar-refractivity contribution in [2.75, 3.05) is 0 Å². The molecular formula is C17H27F6N3O4S2. The number of hydrogen-bond donors (Lipinski definition) is 0. The van der Waals surface area contributed by atoms with Crippen molar-refractivity contribution in [3.63, 3.8) is 0 Å². The van der Waals surface area contributed by atoms with Gasteiger partial charge in [-0.2, -0.15) is 26.3 Å². The summed E-state index contributed by atoms with van der Waals surface area (Å²) in [5.41, 5.74) is -12.4. The highest BCUT2D eigenvalue weighted by atomic mass is 32.3. The molecule has 32 heavy (non-hydrogen) atoms. The Balaban J connectivity index is 0.000000607. The third kappa shape index (κ3) is 11.9. The molecule has 1 aromatic rings. The predicted molar refractivity (Wildman–Crippen MR) is 106 cm³/mol. The summed E-state index contributed by atoms with van der Waals surface area (Å²) < 4.78 is 114. The Labute approximate surface area is 184 Å². The first-order valence-electron chi connectivity index (χ1n) is 9.52. The van der Waals surface area contributed by atoms with Crippen LogP contribution in [0.4, 0.5) is 26.3 Å². The van der Waals surface area contributed by atoms with Gasteiger partial charge in [0.25, 0.3) is 0 Å². The molecule has 0 bridgehead atoms. The van der Waals surface area contributed by atoms with Crippen LogP contribution < -0.4 is 4.57 Å². The van der Waals surface area contributed by atoms with E-state index in [-0.39, 0.29) is 0 Å². The van der Waals surface area contributed by atoms with Gasteiger partial charge in [-0.3, -0.25) is 0 Å². The summed E-state index contributed by atoms with van der Waals surface area (Å²) in [4.78, 5) is 0. The van der Waals surface area contributed by atoms with Gasteiger partial charge in [0.1, 0.15) is 12.4 Å². The van der Waals surface area contributed by atoms with Crippen molar-refractivity contribution >= 4 is 20.0 Å². The average molecular weight is 516 g/mol. The minimum Gasteiger partial charge on any atom is -0.421 e. The van der Waals surface area contributed by atoms with Crippen molar-refractivity contribution < 1.29 is 47.7 Å². The minimum atomic E-state index is -6.72. The summed E-state index contributed by atoms with van der Waals surface area (Å²) in [6.07, 6.45) is 19.2. The summed E-state index contributed by atoms with van der Waals surface area (Å²) in [5.74, 6) is 0. The van der Waals surface area contributed by atoms with E-state index < -0.39 is 31.1 Å². The molecule has 0 aliphatic heterocycles. The summed E-state index contributed by atoms with van der Waals surface area (Å²) in [6, 6.07) is 0. The molecule has 0 unspecified atom stereocenters. The lowest BCUT2D eigenvalue weighted by molar-refractivity contribution is -0.671. The number of sulfonamides is 2. The van der Waals surface area contributed by atoms with E-state index in [1.54, 1.807) is 0 Å². The van der Waals surface area contributed by atoms with Gasteiger partial charge in [0.15, 0.2) is 20.0 Å². The Hall–Kier alpha value is -1.61. The largest absolute Gasteiger partial charge is 0.480 e. The molecule has 188 valence electrons. The van der Waals surface area contributed by atoms with Crippen LogP contribution in [0.1, 0.15) is 51.4 Å². The molecule has 0 fully saturated rings.